The van der Waals surface area contributed by atoms with Crippen LogP contribution in [0.15, 0.2) is 84.9 Å². The Kier molecular flexibility index (Phi) is 3.27. The Hall–Kier alpha value is -2.88. The molecule has 0 spiro atoms. The summed E-state index contributed by atoms with van der Waals surface area (Å²) in [6.45, 7) is 0. The topological polar surface area (TPSA) is 12.0 Å². The van der Waals surface area contributed by atoms with Gasteiger partial charge in [-0.1, -0.05) is 60.7 Å². The van der Waals surface area contributed by atoms with E-state index in [2.05, 4.69) is 90.2 Å². The lowest BCUT2D eigenvalue weighted by molar-refractivity contribution is 1.65. The Bertz CT molecular complexity index is 1340. The maximum absolute atomic E-state index is 3.73. The molecule has 27 heavy (non-hydrogen) atoms. The lowest BCUT2D eigenvalue weighted by atomic mass is 10.1. The Morgan fingerprint density at radius 1 is 0.444 bits per heavy atom. The SMILES string of the molecule is c1ccc2c(c1)sc1c(Nc3cccc4c3sc3ccccc34)cccc12. The molecule has 0 atom stereocenters. The lowest BCUT2D eigenvalue weighted by Crippen LogP contribution is -1.90. The molecule has 0 aliphatic heterocycles. The first-order valence-corrected chi connectivity index (χ1v) is 10.6. The van der Waals surface area contributed by atoms with Gasteiger partial charge in [-0.2, -0.15) is 0 Å². The fourth-order valence-corrected chi connectivity index (χ4v) is 6.18. The second kappa shape index (κ2) is 5.81. The molecule has 0 radical (unpaired) electrons. The highest BCUT2D eigenvalue weighted by Crippen LogP contribution is 2.42. The van der Waals surface area contributed by atoms with Gasteiger partial charge in [-0.3, -0.25) is 0 Å². The van der Waals surface area contributed by atoms with Gasteiger partial charge in [-0.15, -0.1) is 22.7 Å². The van der Waals surface area contributed by atoms with Crippen molar-refractivity contribution >= 4 is 74.4 Å². The minimum atomic E-state index is 1.18. The minimum absolute atomic E-state index is 1.18. The number of fused-ring (bicyclic) bond motifs is 6. The first kappa shape index (κ1) is 15.2. The Morgan fingerprint density at radius 2 is 0.889 bits per heavy atom. The van der Waals surface area contributed by atoms with Gasteiger partial charge in [0.15, 0.2) is 0 Å². The van der Waals surface area contributed by atoms with Crippen molar-refractivity contribution in [2.45, 2.75) is 0 Å². The van der Waals surface area contributed by atoms with Crippen LogP contribution in [0.2, 0.25) is 0 Å². The van der Waals surface area contributed by atoms with Gasteiger partial charge in [0, 0.05) is 30.9 Å². The van der Waals surface area contributed by atoms with Crippen LogP contribution in [0.5, 0.6) is 0 Å². The third kappa shape index (κ3) is 2.29. The number of anilines is 2. The lowest BCUT2D eigenvalue weighted by Gasteiger charge is -2.09. The number of rotatable bonds is 2. The second-order valence-corrected chi connectivity index (χ2v) is 8.79. The molecule has 6 aromatic rings. The van der Waals surface area contributed by atoms with Crippen LogP contribution >= 0.6 is 22.7 Å². The van der Waals surface area contributed by atoms with Crippen LogP contribution < -0.4 is 5.32 Å². The second-order valence-electron chi connectivity index (χ2n) is 6.69. The number of thiophene rings is 2. The Morgan fingerprint density at radius 3 is 1.41 bits per heavy atom. The molecule has 6 rings (SSSR count). The quantitative estimate of drug-likeness (QED) is 0.319. The number of nitrogens with one attached hydrogen (secondary N) is 1. The average Bonchev–Trinajstić information content (AvgIpc) is 3.28. The highest BCUT2D eigenvalue weighted by Gasteiger charge is 2.12. The van der Waals surface area contributed by atoms with Crippen LogP contribution in [-0.2, 0) is 0 Å². The average molecular weight is 382 g/mol. The summed E-state index contributed by atoms with van der Waals surface area (Å²) in [6.07, 6.45) is 0. The summed E-state index contributed by atoms with van der Waals surface area (Å²) >= 11 is 3.72. The summed E-state index contributed by atoms with van der Waals surface area (Å²) in [7, 11) is 0. The largest absolute Gasteiger partial charge is 0.353 e. The summed E-state index contributed by atoms with van der Waals surface area (Å²) in [5.41, 5.74) is 2.36. The van der Waals surface area contributed by atoms with Crippen molar-refractivity contribution < 1.29 is 0 Å². The molecule has 128 valence electrons. The molecular weight excluding hydrogens is 366 g/mol. The molecule has 0 amide bonds. The third-order valence-electron chi connectivity index (χ3n) is 5.08. The zero-order valence-corrected chi connectivity index (χ0v) is 16.0. The molecule has 2 heterocycles. The van der Waals surface area contributed by atoms with E-state index in [1.165, 1.54) is 51.7 Å². The van der Waals surface area contributed by atoms with Gasteiger partial charge in [0.25, 0.3) is 0 Å². The van der Waals surface area contributed by atoms with Crippen LogP contribution in [0.1, 0.15) is 0 Å². The standard InChI is InChI=1S/C24H15NS2/c1-3-13-21-15(7-1)17-9-5-11-19(23(17)26-21)25-20-12-6-10-18-16-8-2-4-14-22(16)27-24(18)20/h1-14,25H. The van der Waals surface area contributed by atoms with Crippen molar-refractivity contribution in [3.63, 3.8) is 0 Å². The van der Waals surface area contributed by atoms with Gasteiger partial charge < -0.3 is 5.32 Å². The maximum atomic E-state index is 3.73. The van der Waals surface area contributed by atoms with E-state index < -0.39 is 0 Å². The first-order chi connectivity index (χ1) is 13.4. The van der Waals surface area contributed by atoms with Crippen LogP contribution in [0.25, 0.3) is 40.3 Å². The zero-order valence-electron chi connectivity index (χ0n) is 14.4. The Labute approximate surface area is 164 Å². The highest BCUT2D eigenvalue weighted by atomic mass is 32.1. The zero-order chi connectivity index (χ0) is 17.8. The van der Waals surface area contributed by atoms with Crippen molar-refractivity contribution in [1.29, 1.82) is 0 Å². The fourth-order valence-electron chi connectivity index (χ4n) is 3.84. The van der Waals surface area contributed by atoms with Gasteiger partial charge in [0.1, 0.15) is 0 Å². The molecule has 0 aliphatic rings. The van der Waals surface area contributed by atoms with Crippen molar-refractivity contribution in [1.82, 2.24) is 0 Å². The molecule has 1 nitrogen and oxygen atoms in total. The molecule has 3 heteroatoms. The molecule has 0 saturated heterocycles. The molecule has 0 fully saturated rings. The van der Waals surface area contributed by atoms with E-state index in [0.29, 0.717) is 0 Å². The maximum Gasteiger partial charge on any atom is 0.0590 e. The number of hydrogen-bond donors (Lipinski definition) is 1. The molecule has 0 bridgehead atoms. The monoisotopic (exact) mass is 381 g/mol. The molecule has 2 aromatic heterocycles. The predicted octanol–water partition coefficient (Wildman–Crippen LogP) is 8.17. The number of hydrogen-bond acceptors (Lipinski definition) is 3. The van der Waals surface area contributed by atoms with Gasteiger partial charge in [0.2, 0.25) is 0 Å². The van der Waals surface area contributed by atoms with E-state index in [-0.39, 0.29) is 0 Å². The van der Waals surface area contributed by atoms with E-state index in [1.807, 2.05) is 22.7 Å². The van der Waals surface area contributed by atoms with Crippen LogP contribution in [0.4, 0.5) is 11.4 Å². The molecule has 1 N–H and O–H groups in total. The molecule has 0 saturated carbocycles. The molecule has 0 aliphatic carbocycles. The van der Waals surface area contributed by atoms with E-state index in [1.54, 1.807) is 0 Å². The van der Waals surface area contributed by atoms with Gasteiger partial charge in [0.05, 0.1) is 20.8 Å². The van der Waals surface area contributed by atoms with Gasteiger partial charge in [-0.25, -0.2) is 0 Å². The van der Waals surface area contributed by atoms with Gasteiger partial charge in [-0.05, 0) is 24.3 Å². The molecule has 4 aromatic carbocycles. The van der Waals surface area contributed by atoms with Crippen molar-refractivity contribution in [3.8, 4) is 0 Å². The van der Waals surface area contributed by atoms with E-state index in [0.717, 1.165) is 0 Å². The van der Waals surface area contributed by atoms with Crippen LogP contribution in [0, 0.1) is 0 Å². The van der Waals surface area contributed by atoms with E-state index >= 15 is 0 Å². The van der Waals surface area contributed by atoms with E-state index in [9.17, 15) is 0 Å². The summed E-state index contributed by atoms with van der Waals surface area (Å²) in [5.74, 6) is 0. The fraction of sp³-hybridized carbons (Fsp3) is 0. The number of benzene rings is 4. The smallest absolute Gasteiger partial charge is 0.0590 e. The summed E-state index contributed by atoms with van der Waals surface area (Å²) in [5, 5.41) is 9.05. The highest BCUT2D eigenvalue weighted by molar-refractivity contribution is 7.27. The summed E-state index contributed by atoms with van der Waals surface area (Å²) in [4.78, 5) is 0. The van der Waals surface area contributed by atoms with Crippen molar-refractivity contribution in [2.75, 3.05) is 5.32 Å². The normalized spacial score (nSPS) is 11.7. The summed E-state index contributed by atoms with van der Waals surface area (Å²) in [6, 6.07) is 30.4. The van der Waals surface area contributed by atoms with Crippen LogP contribution in [-0.4, -0.2) is 0 Å². The van der Waals surface area contributed by atoms with Crippen LogP contribution in [0.3, 0.4) is 0 Å². The first-order valence-electron chi connectivity index (χ1n) is 8.96. The predicted molar refractivity (Wildman–Crippen MR) is 122 cm³/mol. The van der Waals surface area contributed by atoms with Crippen molar-refractivity contribution in [3.05, 3.63) is 84.9 Å². The Balaban J connectivity index is 1.57. The van der Waals surface area contributed by atoms with E-state index in [4.69, 9.17) is 0 Å². The third-order valence-corrected chi connectivity index (χ3v) is 7.52. The summed E-state index contributed by atoms with van der Waals surface area (Å²) < 4.78 is 5.30. The minimum Gasteiger partial charge on any atom is -0.353 e. The molecular formula is C24H15NS2. The van der Waals surface area contributed by atoms with Gasteiger partial charge >= 0.3 is 0 Å². The van der Waals surface area contributed by atoms with Crippen molar-refractivity contribution in [2.24, 2.45) is 0 Å². The molecule has 0 unspecified atom stereocenters.